The molecule has 226 valence electrons. The zero-order chi connectivity index (χ0) is 30.4. The highest BCUT2D eigenvalue weighted by Crippen LogP contribution is 2.60. The van der Waals surface area contributed by atoms with Gasteiger partial charge in [-0.15, -0.1) is 0 Å². The molecule has 0 saturated carbocycles. The molecule has 3 atom stereocenters. The van der Waals surface area contributed by atoms with Crippen molar-refractivity contribution in [2.24, 2.45) is 11.3 Å². The van der Waals surface area contributed by atoms with Crippen molar-refractivity contribution in [1.82, 2.24) is 4.90 Å². The number of ether oxygens (including phenoxy) is 1. The van der Waals surface area contributed by atoms with Crippen molar-refractivity contribution < 1.29 is 22.1 Å². The Morgan fingerprint density at radius 1 is 1.02 bits per heavy atom. The zero-order valence-electron chi connectivity index (χ0n) is 25.3. The number of hydrogen-bond donors (Lipinski definition) is 1. The highest BCUT2D eigenvalue weighted by Gasteiger charge is 2.61. The van der Waals surface area contributed by atoms with Crippen LogP contribution < -0.4 is 5.32 Å². The van der Waals surface area contributed by atoms with Crippen LogP contribution in [0.15, 0.2) is 95.0 Å². The number of fused-ring (bicyclic) bond motifs is 1. The summed E-state index contributed by atoms with van der Waals surface area (Å²) in [6, 6.07) is 25.7. The van der Waals surface area contributed by atoms with Gasteiger partial charge in [-0.2, -0.15) is 8.42 Å². The molecule has 2 heterocycles. The molecule has 0 aromatic heterocycles. The Morgan fingerprint density at radius 2 is 1.72 bits per heavy atom. The van der Waals surface area contributed by atoms with Gasteiger partial charge in [0.2, 0.25) is 0 Å². The van der Waals surface area contributed by atoms with Crippen molar-refractivity contribution in [3.63, 3.8) is 0 Å². The molecule has 2 aliphatic heterocycles. The molecule has 1 spiro atoms. The van der Waals surface area contributed by atoms with E-state index in [0.29, 0.717) is 18.4 Å². The van der Waals surface area contributed by atoms with E-state index in [1.54, 1.807) is 24.3 Å². The number of nitrogens with one attached hydrogen (secondary N) is 1. The summed E-state index contributed by atoms with van der Waals surface area (Å²) < 4.78 is 37.2. The zero-order valence-corrected chi connectivity index (χ0v) is 26.1. The Bertz CT molecular complexity index is 1650. The molecule has 6 rings (SSSR count). The predicted molar refractivity (Wildman–Crippen MR) is 167 cm³/mol. The van der Waals surface area contributed by atoms with Crippen LogP contribution in [0.25, 0.3) is 0 Å². The number of benzene rings is 3. The minimum atomic E-state index is -3.91. The molecule has 3 aromatic carbocycles. The van der Waals surface area contributed by atoms with Crippen LogP contribution in [0.2, 0.25) is 0 Å². The smallest absolute Gasteiger partial charge is 0.335 e. The summed E-state index contributed by atoms with van der Waals surface area (Å²) in [5.74, 6) is -0.256. The Labute approximate surface area is 255 Å². The quantitative estimate of drug-likeness (QED) is 0.231. The molecule has 1 saturated heterocycles. The summed E-state index contributed by atoms with van der Waals surface area (Å²) in [7, 11) is -2.47. The summed E-state index contributed by atoms with van der Waals surface area (Å²) in [5, 5.41) is 3.65. The highest BCUT2D eigenvalue weighted by molar-refractivity contribution is 7.86. The van der Waals surface area contributed by atoms with Gasteiger partial charge in [0.1, 0.15) is 0 Å². The van der Waals surface area contributed by atoms with Gasteiger partial charge in [-0.3, -0.25) is 9.08 Å². The maximum absolute atomic E-state index is 13.3. The van der Waals surface area contributed by atoms with E-state index in [-0.39, 0.29) is 34.8 Å². The topological polar surface area (TPSA) is 84.9 Å². The monoisotopic (exact) mass is 600 g/mol. The number of para-hydroxylation sites is 1. The Kier molecular flexibility index (Phi) is 7.73. The van der Waals surface area contributed by atoms with Crippen LogP contribution in [-0.2, 0) is 35.8 Å². The lowest BCUT2D eigenvalue weighted by Crippen LogP contribution is -2.52. The molecule has 43 heavy (non-hydrogen) atoms. The second kappa shape index (κ2) is 11.2. The molecule has 8 heteroatoms. The Balaban J connectivity index is 1.36. The fourth-order valence-corrected chi connectivity index (χ4v) is 8.71. The number of esters is 1. The highest BCUT2D eigenvalue weighted by atomic mass is 32.2. The van der Waals surface area contributed by atoms with Crippen molar-refractivity contribution >= 4 is 21.8 Å². The second-order valence-corrected chi connectivity index (χ2v) is 14.6. The van der Waals surface area contributed by atoms with E-state index >= 15 is 0 Å². The maximum Gasteiger partial charge on any atom is 0.335 e. The number of nitrogens with zero attached hydrogens (tertiary/aromatic N) is 1. The summed E-state index contributed by atoms with van der Waals surface area (Å²) in [6.07, 6.45) is 2.08. The third-order valence-electron chi connectivity index (χ3n) is 9.41. The van der Waals surface area contributed by atoms with E-state index in [2.05, 4.69) is 66.5 Å². The first kappa shape index (κ1) is 29.6. The average Bonchev–Trinajstić information content (AvgIpc) is 3.54. The minimum absolute atomic E-state index is 0.0388. The van der Waals surface area contributed by atoms with Crippen LogP contribution in [0.1, 0.15) is 49.8 Å². The number of anilines is 1. The van der Waals surface area contributed by atoms with Gasteiger partial charge < -0.3 is 10.1 Å². The number of carbonyl (C=O) groups is 1. The van der Waals surface area contributed by atoms with Gasteiger partial charge in [-0.05, 0) is 66.8 Å². The fourth-order valence-electron chi connectivity index (χ4n) is 7.64. The molecule has 3 aliphatic rings. The van der Waals surface area contributed by atoms with E-state index in [1.165, 1.54) is 18.2 Å². The van der Waals surface area contributed by atoms with Crippen LogP contribution >= 0.6 is 0 Å². The SMILES string of the molecule is COC(=O)C1=C2Nc3ccccc3C23CCN(Cc2ccccc2)C3C(CC(C)(C)COS(=O)(=O)c2ccc(C)cc2)C1. The number of hydrogen-bond acceptors (Lipinski definition) is 7. The normalized spacial score (nSPS) is 23.3. The lowest BCUT2D eigenvalue weighted by Gasteiger charge is -2.47. The number of methoxy groups -OCH3 is 1. The van der Waals surface area contributed by atoms with Gasteiger partial charge in [0.25, 0.3) is 10.1 Å². The van der Waals surface area contributed by atoms with Crippen molar-refractivity contribution in [3.8, 4) is 0 Å². The molecule has 7 nitrogen and oxygen atoms in total. The number of likely N-dealkylation sites (tertiary alicyclic amines) is 1. The first-order chi connectivity index (χ1) is 20.5. The molecule has 1 N–H and O–H groups in total. The average molecular weight is 601 g/mol. The van der Waals surface area contributed by atoms with E-state index < -0.39 is 15.5 Å². The number of rotatable bonds is 9. The lowest BCUT2D eigenvalue weighted by atomic mass is 9.61. The summed E-state index contributed by atoms with van der Waals surface area (Å²) >= 11 is 0. The molecule has 0 amide bonds. The first-order valence-corrected chi connectivity index (χ1v) is 16.4. The van der Waals surface area contributed by atoms with Crippen LogP contribution in [0.3, 0.4) is 0 Å². The van der Waals surface area contributed by atoms with Crippen molar-refractivity contribution in [3.05, 3.63) is 107 Å². The van der Waals surface area contributed by atoms with Crippen molar-refractivity contribution in [1.29, 1.82) is 0 Å². The molecule has 3 aromatic rings. The van der Waals surface area contributed by atoms with Gasteiger partial charge in [0.15, 0.2) is 0 Å². The van der Waals surface area contributed by atoms with Crippen LogP contribution in [0, 0.1) is 18.3 Å². The van der Waals surface area contributed by atoms with Gasteiger partial charge in [0.05, 0.1) is 29.6 Å². The molecule has 3 unspecified atom stereocenters. The Morgan fingerprint density at radius 3 is 2.44 bits per heavy atom. The first-order valence-electron chi connectivity index (χ1n) is 15.0. The van der Waals surface area contributed by atoms with Crippen LogP contribution in [0.5, 0.6) is 0 Å². The molecule has 1 aliphatic carbocycles. The van der Waals surface area contributed by atoms with E-state index in [9.17, 15) is 13.2 Å². The third-order valence-corrected chi connectivity index (χ3v) is 10.7. The van der Waals surface area contributed by atoms with Gasteiger partial charge in [0, 0.05) is 30.5 Å². The standard InChI is InChI=1S/C35H40N2O5S/c1-24-14-16-27(17-15-24)43(39,40)42-23-34(2,3)21-26-20-28(33(38)41-4)31-35(29-12-8-9-13-30(29)36-31)18-19-37(32(26)35)22-25-10-6-5-7-11-25/h5-17,26,32,36H,18-23H2,1-4H3. The molecule has 0 radical (unpaired) electrons. The Hall–Kier alpha value is -3.46. The molecule has 1 fully saturated rings. The summed E-state index contributed by atoms with van der Waals surface area (Å²) in [6.45, 7) is 7.74. The maximum atomic E-state index is 13.3. The van der Waals surface area contributed by atoms with Gasteiger partial charge in [-0.1, -0.05) is 80.1 Å². The van der Waals surface area contributed by atoms with E-state index in [1.807, 2.05) is 19.1 Å². The summed E-state index contributed by atoms with van der Waals surface area (Å²) in [5.41, 5.74) is 5.26. The largest absolute Gasteiger partial charge is 0.466 e. The predicted octanol–water partition coefficient (Wildman–Crippen LogP) is 6.20. The second-order valence-electron chi connectivity index (χ2n) is 13.0. The lowest BCUT2D eigenvalue weighted by molar-refractivity contribution is -0.136. The fraction of sp³-hybridized carbons (Fsp3) is 0.400. The van der Waals surface area contributed by atoms with E-state index in [0.717, 1.165) is 36.5 Å². The van der Waals surface area contributed by atoms with Gasteiger partial charge in [-0.25, -0.2) is 4.79 Å². The molecular formula is C35H40N2O5S. The van der Waals surface area contributed by atoms with E-state index in [4.69, 9.17) is 8.92 Å². The molecular weight excluding hydrogens is 560 g/mol. The van der Waals surface area contributed by atoms with Gasteiger partial charge >= 0.3 is 5.97 Å². The van der Waals surface area contributed by atoms with Crippen LogP contribution in [0.4, 0.5) is 5.69 Å². The third kappa shape index (κ3) is 5.41. The number of carbonyl (C=O) groups excluding carboxylic acids is 1. The summed E-state index contributed by atoms with van der Waals surface area (Å²) in [4.78, 5) is 16.1. The number of aryl methyl sites for hydroxylation is 1. The minimum Gasteiger partial charge on any atom is -0.466 e. The van der Waals surface area contributed by atoms with Crippen molar-refractivity contribution in [2.45, 2.75) is 62.9 Å². The van der Waals surface area contributed by atoms with Crippen molar-refractivity contribution in [2.75, 3.05) is 25.6 Å². The molecule has 0 bridgehead atoms. The van der Waals surface area contributed by atoms with Crippen LogP contribution in [-0.4, -0.2) is 45.6 Å².